The van der Waals surface area contributed by atoms with E-state index in [0.717, 1.165) is 22.5 Å². The number of amides is 1. The second-order valence-corrected chi connectivity index (χ2v) is 6.63. The van der Waals surface area contributed by atoms with E-state index in [1.54, 1.807) is 6.26 Å². The second kappa shape index (κ2) is 7.34. The van der Waals surface area contributed by atoms with E-state index in [2.05, 4.69) is 29.4 Å². The Hall–Kier alpha value is -2.88. The van der Waals surface area contributed by atoms with Crippen molar-refractivity contribution in [3.63, 3.8) is 0 Å². The topological polar surface area (TPSA) is 55.1 Å². The molecule has 4 nitrogen and oxygen atoms in total. The van der Waals surface area contributed by atoms with Gasteiger partial charge in [0.15, 0.2) is 0 Å². The van der Waals surface area contributed by atoms with Crippen molar-refractivity contribution in [1.29, 1.82) is 0 Å². The molecule has 128 valence electrons. The molecule has 0 fully saturated rings. The van der Waals surface area contributed by atoms with Gasteiger partial charge in [0.25, 0.3) is 0 Å². The maximum absolute atomic E-state index is 11.8. The Morgan fingerprint density at radius 3 is 2.32 bits per heavy atom. The van der Waals surface area contributed by atoms with Crippen LogP contribution in [-0.4, -0.2) is 10.9 Å². The van der Waals surface area contributed by atoms with Crippen LogP contribution < -0.4 is 5.32 Å². The standard InChI is InChI=1S/C21H22N2O2/c1-14(2)12-20(24)22-18-10-8-17(9-11-18)21-23-19(13-25-21)16-6-4-15(3)5-7-16/h4-11,13-14H,12H2,1-3H3,(H,22,24). The molecule has 1 aromatic heterocycles. The summed E-state index contributed by atoms with van der Waals surface area (Å²) in [6.07, 6.45) is 2.18. The number of nitrogens with zero attached hydrogens (tertiary/aromatic N) is 1. The lowest BCUT2D eigenvalue weighted by Crippen LogP contribution is -2.13. The van der Waals surface area contributed by atoms with E-state index in [1.165, 1.54) is 5.56 Å². The van der Waals surface area contributed by atoms with Gasteiger partial charge in [-0.15, -0.1) is 0 Å². The maximum atomic E-state index is 11.8. The number of carbonyl (C=O) groups excluding carboxylic acids is 1. The van der Waals surface area contributed by atoms with Crippen molar-refractivity contribution in [2.45, 2.75) is 27.2 Å². The predicted octanol–water partition coefficient (Wildman–Crippen LogP) is 5.30. The number of hydrogen-bond donors (Lipinski definition) is 1. The number of aryl methyl sites for hydroxylation is 1. The van der Waals surface area contributed by atoms with E-state index in [-0.39, 0.29) is 5.91 Å². The zero-order valence-corrected chi connectivity index (χ0v) is 14.7. The van der Waals surface area contributed by atoms with Crippen molar-refractivity contribution in [3.8, 4) is 22.7 Å². The SMILES string of the molecule is Cc1ccc(-c2coc(-c3ccc(NC(=O)CC(C)C)cc3)n2)cc1. The average molecular weight is 334 g/mol. The molecule has 25 heavy (non-hydrogen) atoms. The summed E-state index contributed by atoms with van der Waals surface area (Å²) in [6, 6.07) is 15.7. The van der Waals surface area contributed by atoms with Crippen LogP contribution in [0.2, 0.25) is 0 Å². The van der Waals surface area contributed by atoms with Crippen molar-refractivity contribution >= 4 is 11.6 Å². The molecule has 1 amide bonds. The van der Waals surface area contributed by atoms with E-state index in [9.17, 15) is 4.79 Å². The summed E-state index contributed by atoms with van der Waals surface area (Å²) in [5, 5.41) is 2.90. The summed E-state index contributed by atoms with van der Waals surface area (Å²) in [6.45, 7) is 6.10. The fourth-order valence-corrected chi connectivity index (χ4v) is 2.54. The van der Waals surface area contributed by atoms with Crippen LogP contribution in [0.25, 0.3) is 22.7 Å². The van der Waals surface area contributed by atoms with Crippen LogP contribution in [0.4, 0.5) is 5.69 Å². The molecule has 0 unspecified atom stereocenters. The van der Waals surface area contributed by atoms with Crippen molar-refractivity contribution in [2.24, 2.45) is 5.92 Å². The van der Waals surface area contributed by atoms with E-state index >= 15 is 0 Å². The molecule has 2 aromatic carbocycles. The summed E-state index contributed by atoms with van der Waals surface area (Å²) in [5.74, 6) is 0.933. The Kier molecular flexibility index (Phi) is 4.98. The molecular formula is C21H22N2O2. The van der Waals surface area contributed by atoms with Gasteiger partial charge in [-0.3, -0.25) is 4.79 Å². The van der Waals surface area contributed by atoms with Crippen LogP contribution in [0.5, 0.6) is 0 Å². The number of hydrogen-bond acceptors (Lipinski definition) is 3. The Balaban J connectivity index is 1.72. The molecule has 4 heteroatoms. The number of oxazole rings is 1. The maximum Gasteiger partial charge on any atom is 0.226 e. The summed E-state index contributed by atoms with van der Waals surface area (Å²) >= 11 is 0. The Labute approximate surface area is 147 Å². The Bertz CT molecular complexity index is 846. The molecule has 0 radical (unpaired) electrons. The van der Waals surface area contributed by atoms with Gasteiger partial charge >= 0.3 is 0 Å². The Morgan fingerprint density at radius 2 is 1.68 bits per heavy atom. The van der Waals surface area contributed by atoms with Crippen LogP contribution in [0.15, 0.2) is 59.2 Å². The van der Waals surface area contributed by atoms with Crippen molar-refractivity contribution in [2.75, 3.05) is 5.32 Å². The molecular weight excluding hydrogens is 312 g/mol. The van der Waals surface area contributed by atoms with E-state index in [1.807, 2.05) is 50.2 Å². The summed E-state index contributed by atoms with van der Waals surface area (Å²) < 4.78 is 5.61. The lowest BCUT2D eigenvalue weighted by molar-refractivity contribution is -0.116. The molecule has 0 atom stereocenters. The average Bonchev–Trinajstić information content (AvgIpc) is 3.05. The van der Waals surface area contributed by atoms with Gasteiger partial charge in [-0.2, -0.15) is 0 Å². The number of anilines is 1. The molecule has 0 saturated carbocycles. The number of aromatic nitrogens is 1. The van der Waals surface area contributed by atoms with Gasteiger partial charge in [0, 0.05) is 23.2 Å². The normalized spacial score (nSPS) is 10.9. The second-order valence-electron chi connectivity index (χ2n) is 6.63. The van der Waals surface area contributed by atoms with Gasteiger partial charge in [0.1, 0.15) is 12.0 Å². The number of rotatable bonds is 5. The van der Waals surface area contributed by atoms with E-state index in [4.69, 9.17) is 4.42 Å². The lowest BCUT2D eigenvalue weighted by Gasteiger charge is -2.07. The zero-order chi connectivity index (χ0) is 17.8. The van der Waals surface area contributed by atoms with E-state index in [0.29, 0.717) is 18.2 Å². The highest BCUT2D eigenvalue weighted by Crippen LogP contribution is 2.26. The molecule has 3 rings (SSSR count). The van der Waals surface area contributed by atoms with Gasteiger partial charge in [-0.25, -0.2) is 4.98 Å². The first-order chi connectivity index (χ1) is 12.0. The molecule has 1 N–H and O–H groups in total. The molecule has 1 heterocycles. The van der Waals surface area contributed by atoms with Crippen LogP contribution in [0, 0.1) is 12.8 Å². The third-order valence-electron chi connectivity index (χ3n) is 3.86. The van der Waals surface area contributed by atoms with Gasteiger partial charge in [0.2, 0.25) is 11.8 Å². The molecule has 0 bridgehead atoms. The largest absolute Gasteiger partial charge is 0.444 e. The minimum absolute atomic E-state index is 0.0283. The number of carbonyl (C=O) groups is 1. The molecule has 0 saturated heterocycles. The fraction of sp³-hybridized carbons (Fsp3) is 0.238. The van der Waals surface area contributed by atoms with Gasteiger partial charge in [-0.05, 0) is 37.1 Å². The van der Waals surface area contributed by atoms with Crippen LogP contribution in [0.3, 0.4) is 0 Å². The van der Waals surface area contributed by atoms with Gasteiger partial charge < -0.3 is 9.73 Å². The van der Waals surface area contributed by atoms with Crippen molar-refractivity contribution in [1.82, 2.24) is 4.98 Å². The number of nitrogens with one attached hydrogen (secondary N) is 1. The van der Waals surface area contributed by atoms with Crippen molar-refractivity contribution in [3.05, 3.63) is 60.4 Å². The highest BCUT2D eigenvalue weighted by molar-refractivity contribution is 5.91. The number of benzene rings is 2. The lowest BCUT2D eigenvalue weighted by atomic mass is 10.1. The molecule has 0 aliphatic carbocycles. The minimum atomic E-state index is 0.0283. The predicted molar refractivity (Wildman–Crippen MR) is 100 cm³/mol. The van der Waals surface area contributed by atoms with Crippen LogP contribution in [-0.2, 0) is 4.79 Å². The van der Waals surface area contributed by atoms with Gasteiger partial charge in [0.05, 0.1) is 0 Å². The first-order valence-electron chi connectivity index (χ1n) is 8.44. The van der Waals surface area contributed by atoms with Crippen LogP contribution >= 0.6 is 0 Å². The molecule has 0 aliphatic heterocycles. The summed E-state index contributed by atoms with van der Waals surface area (Å²) in [5.41, 5.74) is 4.70. The fourth-order valence-electron chi connectivity index (χ4n) is 2.54. The molecule has 0 aliphatic rings. The highest BCUT2D eigenvalue weighted by atomic mass is 16.3. The van der Waals surface area contributed by atoms with E-state index < -0.39 is 0 Å². The summed E-state index contributed by atoms with van der Waals surface area (Å²) in [7, 11) is 0. The molecule has 0 spiro atoms. The third-order valence-corrected chi connectivity index (χ3v) is 3.86. The monoisotopic (exact) mass is 334 g/mol. The summed E-state index contributed by atoms with van der Waals surface area (Å²) in [4.78, 5) is 16.4. The Morgan fingerprint density at radius 1 is 1.04 bits per heavy atom. The molecule has 3 aromatic rings. The third kappa shape index (κ3) is 4.35. The quantitative estimate of drug-likeness (QED) is 0.688. The first kappa shape index (κ1) is 17.0. The van der Waals surface area contributed by atoms with Crippen molar-refractivity contribution < 1.29 is 9.21 Å². The van der Waals surface area contributed by atoms with Gasteiger partial charge in [-0.1, -0.05) is 43.7 Å². The van der Waals surface area contributed by atoms with Crippen LogP contribution in [0.1, 0.15) is 25.8 Å². The smallest absolute Gasteiger partial charge is 0.226 e. The minimum Gasteiger partial charge on any atom is -0.444 e. The zero-order valence-electron chi connectivity index (χ0n) is 14.7. The highest BCUT2D eigenvalue weighted by Gasteiger charge is 2.09. The first-order valence-corrected chi connectivity index (χ1v) is 8.44.